The maximum absolute atomic E-state index is 13.6. The summed E-state index contributed by atoms with van der Waals surface area (Å²) in [7, 11) is 0. The summed E-state index contributed by atoms with van der Waals surface area (Å²) in [6.45, 7) is 1.53. The Bertz CT molecular complexity index is 2030. The van der Waals surface area contributed by atoms with Gasteiger partial charge in [-0.15, -0.1) is 0 Å². The molecule has 0 radical (unpaired) electrons. The first-order chi connectivity index (χ1) is 24.9. The lowest BCUT2D eigenvalue weighted by molar-refractivity contribution is -0.0455. The van der Waals surface area contributed by atoms with Gasteiger partial charge in [0.15, 0.2) is 29.3 Å². The molecule has 260 valence electrons. The molecule has 0 N–H and O–H groups in total. The topological polar surface area (TPSA) is 122 Å². The van der Waals surface area contributed by atoms with Gasteiger partial charge in [-0.2, -0.15) is 5.10 Å². The van der Waals surface area contributed by atoms with E-state index in [0.717, 1.165) is 18.8 Å². The number of rotatable bonds is 9. The highest BCUT2D eigenvalue weighted by atomic mass is 35.5. The molecule has 3 aliphatic rings. The number of nitrogens with zero attached hydrogens (tertiary/aromatic N) is 4. The molecule has 1 saturated carbocycles. The molecule has 51 heavy (non-hydrogen) atoms. The zero-order valence-corrected chi connectivity index (χ0v) is 28.3. The van der Waals surface area contributed by atoms with Crippen molar-refractivity contribution in [3.63, 3.8) is 0 Å². The second-order valence-electron chi connectivity index (χ2n) is 13.2. The minimum absolute atomic E-state index is 0.255. The Morgan fingerprint density at radius 3 is 1.90 bits per heavy atom. The lowest BCUT2D eigenvalue weighted by Crippen LogP contribution is -2.41. The zero-order valence-electron chi connectivity index (χ0n) is 27.5. The van der Waals surface area contributed by atoms with E-state index in [1.807, 2.05) is 6.07 Å². The number of carbonyl (C=O) groups excluding carboxylic acids is 3. The maximum Gasteiger partial charge on any atom is 0.338 e. The van der Waals surface area contributed by atoms with Crippen LogP contribution in [0, 0.1) is 11.8 Å². The second-order valence-corrected chi connectivity index (χ2v) is 13.5. The van der Waals surface area contributed by atoms with Crippen LogP contribution in [0.5, 0.6) is 0 Å². The van der Waals surface area contributed by atoms with Crippen LogP contribution in [0.3, 0.4) is 0 Å². The molecule has 5 aromatic rings. The molecule has 3 fully saturated rings. The molecular weight excluding hydrogens is 672 g/mol. The van der Waals surface area contributed by atoms with Crippen LogP contribution in [0.25, 0.3) is 5.52 Å². The predicted molar refractivity (Wildman–Crippen MR) is 187 cm³/mol. The van der Waals surface area contributed by atoms with E-state index in [4.69, 9.17) is 35.5 Å². The molecule has 12 heteroatoms. The van der Waals surface area contributed by atoms with Crippen LogP contribution < -0.4 is 4.90 Å². The van der Waals surface area contributed by atoms with Crippen LogP contribution in [0.4, 0.5) is 5.69 Å². The van der Waals surface area contributed by atoms with Crippen molar-refractivity contribution in [3.05, 3.63) is 131 Å². The summed E-state index contributed by atoms with van der Waals surface area (Å²) in [5.41, 5.74) is 2.53. The van der Waals surface area contributed by atoms with Gasteiger partial charge >= 0.3 is 17.9 Å². The summed E-state index contributed by atoms with van der Waals surface area (Å²) in [5, 5.41) is 4.86. The number of ether oxygens (including phenoxy) is 4. The van der Waals surface area contributed by atoms with Crippen molar-refractivity contribution in [2.75, 3.05) is 24.6 Å². The number of hydrogen-bond donors (Lipinski definition) is 0. The van der Waals surface area contributed by atoms with Crippen molar-refractivity contribution in [1.29, 1.82) is 0 Å². The fourth-order valence-corrected chi connectivity index (χ4v) is 7.70. The molecule has 0 spiro atoms. The first-order valence-corrected chi connectivity index (χ1v) is 17.5. The Kier molecular flexibility index (Phi) is 9.14. The predicted octanol–water partition coefficient (Wildman–Crippen LogP) is 6.37. The average molecular weight is 707 g/mol. The van der Waals surface area contributed by atoms with Crippen LogP contribution in [-0.4, -0.2) is 70.5 Å². The maximum atomic E-state index is 13.6. The highest BCUT2D eigenvalue weighted by Crippen LogP contribution is 2.43. The van der Waals surface area contributed by atoms with Gasteiger partial charge in [-0.3, -0.25) is 0 Å². The van der Waals surface area contributed by atoms with Crippen LogP contribution in [0.15, 0.2) is 103 Å². The quantitative estimate of drug-likeness (QED) is 0.126. The van der Waals surface area contributed by atoms with Crippen LogP contribution in [-0.2, 0) is 18.9 Å². The van der Waals surface area contributed by atoms with E-state index in [-0.39, 0.29) is 23.1 Å². The molecule has 2 saturated heterocycles. The zero-order chi connectivity index (χ0) is 34.9. The molecule has 2 aliphatic heterocycles. The molecule has 6 atom stereocenters. The summed E-state index contributed by atoms with van der Waals surface area (Å²) in [6.07, 6.45) is 0.824. The SMILES string of the molecule is O=C(OC[C@H]1O[C@@H](c2ncc3c(N4CC5CCCC5C4)cc(Cl)nn23)[C@H](OC(=O)c2ccccc2)[C@@H]1OC(=O)c1ccccc1)c1ccccc1. The lowest BCUT2D eigenvalue weighted by Gasteiger charge is -2.24. The van der Waals surface area contributed by atoms with Gasteiger partial charge in [0.25, 0.3) is 0 Å². The monoisotopic (exact) mass is 706 g/mol. The van der Waals surface area contributed by atoms with Crippen molar-refractivity contribution in [1.82, 2.24) is 14.6 Å². The molecule has 0 bridgehead atoms. The van der Waals surface area contributed by atoms with Crippen molar-refractivity contribution >= 4 is 40.7 Å². The van der Waals surface area contributed by atoms with E-state index in [2.05, 4.69) is 10.00 Å². The fraction of sp³-hybridized carbons (Fsp3) is 0.308. The number of esters is 3. The van der Waals surface area contributed by atoms with Crippen LogP contribution in [0.1, 0.15) is 62.3 Å². The van der Waals surface area contributed by atoms with Crippen LogP contribution >= 0.6 is 11.6 Å². The van der Waals surface area contributed by atoms with Crippen molar-refractivity contribution in [3.8, 4) is 0 Å². The summed E-state index contributed by atoms with van der Waals surface area (Å²) in [6, 6.07) is 27.3. The van der Waals surface area contributed by atoms with Gasteiger partial charge in [0, 0.05) is 19.2 Å². The minimum atomic E-state index is -1.22. The Hall–Kier alpha value is -5.26. The molecule has 4 heterocycles. The number of halogens is 1. The molecule has 2 unspecified atom stereocenters. The number of anilines is 1. The molecule has 1 aliphatic carbocycles. The van der Waals surface area contributed by atoms with Gasteiger partial charge in [-0.1, -0.05) is 72.6 Å². The summed E-state index contributed by atoms with van der Waals surface area (Å²) < 4.78 is 26.1. The average Bonchev–Trinajstić information content (AvgIpc) is 3.95. The van der Waals surface area contributed by atoms with E-state index in [1.165, 1.54) is 19.3 Å². The van der Waals surface area contributed by atoms with Gasteiger partial charge in [0.05, 0.1) is 28.6 Å². The Morgan fingerprint density at radius 1 is 0.765 bits per heavy atom. The lowest BCUT2D eigenvalue weighted by atomic mass is 10.0. The molecular formula is C39H35ClN4O7. The van der Waals surface area contributed by atoms with Crippen molar-refractivity contribution in [2.24, 2.45) is 11.8 Å². The van der Waals surface area contributed by atoms with Gasteiger partial charge < -0.3 is 23.8 Å². The number of imidazole rings is 1. The van der Waals surface area contributed by atoms with Gasteiger partial charge in [0.1, 0.15) is 18.2 Å². The standard InChI is InChI=1S/C39H35ClN4O7/c40-32-19-29(43-21-27-17-10-18-28(27)22-43)30-20-41-36(44(30)42-32)35-34(51-39(47)26-15-8-3-9-16-26)33(50-38(46)25-13-6-2-7-14-25)31(49-35)23-48-37(45)24-11-4-1-5-12-24/h1-9,11-16,19-20,27-28,31,33-35H,10,17-18,21-23H2/t27?,28?,31-,33-,34-,35-/m1/s1. The Balaban J connectivity index is 1.17. The first-order valence-electron chi connectivity index (χ1n) is 17.1. The normalized spacial score (nSPS) is 24.0. The summed E-state index contributed by atoms with van der Waals surface area (Å²) >= 11 is 6.66. The van der Waals surface area contributed by atoms with Crippen molar-refractivity contribution < 1.29 is 33.3 Å². The largest absolute Gasteiger partial charge is 0.459 e. The fourth-order valence-electron chi connectivity index (χ4n) is 7.52. The highest BCUT2D eigenvalue weighted by molar-refractivity contribution is 6.29. The minimum Gasteiger partial charge on any atom is -0.459 e. The molecule has 2 aromatic heterocycles. The van der Waals surface area contributed by atoms with Crippen molar-refractivity contribution in [2.45, 2.75) is 43.7 Å². The third kappa shape index (κ3) is 6.66. The van der Waals surface area contributed by atoms with E-state index >= 15 is 0 Å². The Morgan fingerprint density at radius 2 is 1.31 bits per heavy atom. The molecule has 11 nitrogen and oxygen atoms in total. The smallest absolute Gasteiger partial charge is 0.338 e. The van der Waals surface area contributed by atoms with Gasteiger partial charge in [-0.05, 0) is 61.1 Å². The number of fused-ring (bicyclic) bond motifs is 2. The third-order valence-electron chi connectivity index (χ3n) is 10.0. The van der Waals surface area contributed by atoms with E-state index in [9.17, 15) is 14.4 Å². The molecule has 8 rings (SSSR count). The number of aromatic nitrogens is 3. The van der Waals surface area contributed by atoms with E-state index in [1.54, 1.807) is 102 Å². The van der Waals surface area contributed by atoms with E-state index in [0.29, 0.717) is 28.5 Å². The molecule has 3 aromatic carbocycles. The van der Waals surface area contributed by atoms with Gasteiger partial charge in [-0.25, -0.2) is 23.9 Å². The number of benzene rings is 3. The Labute approximate surface area is 299 Å². The van der Waals surface area contributed by atoms with E-state index < -0.39 is 42.3 Å². The first kappa shape index (κ1) is 32.9. The number of carbonyl (C=O) groups is 3. The number of hydrogen-bond acceptors (Lipinski definition) is 10. The summed E-state index contributed by atoms with van der Waals surface area (Å²) in [5.74, 6) is -0.350. The highest BCUT2D eigenvalue weighted by Gasteiger charge is 2.53. The molecule has 0 amide bonds. The van der Waals surface area contributed by atoms with Crippen LogP contribution in [0.2, 0.25) is 5.15 Å². The van der Waals surface area contributed by atoms with Gasteiger partial charge in [0.2, 0.25) is 0 Å². The summed E-state index contributed by atoms with van der Waals surface area (Å²) in [4.78, 5) is 47.3. The second kappa shape index (κ2) is 14.2. The third-order valence-corrected chi connectivity index (χ3v) is 10.2.